The van der Waals surface area contributed by atoms with E-state index in [4.69, 9.17) is 16.1 Å². The van der Waals surface area contributed by atoms with Crippen molar-refractivity contribution in [2.24, 2.45) is 5.73 Å². The van der Waals surface area contributed by atoms with Gasteiger partial charge in [-0.2, -0.15) is 5.26 Å². The summed E-state index contributed by atoms with van der Waals surface area (Å²) in [4.78, 5) is 4.02. The second kappa shape index (κ2) is 4.55. The molecule has 0 radical (unpaired) electrons. The third-order valence-corrected chi connectivity index (χ3v) is 1.72. The molecule has 1 aromatic rings. The third kappa shape index (κ3) is 2.51. The van der Waals surface area contributed by atoms with E-state index in [1.165, 1.54) is 0 Å². The SMILES string of the molecule is N#CCC(N)c1cc(CO)ccn1. The van der Waals surface area contributed by atoms with Gasteiger partial charge in [0.1, 0.15) is 0 Å². The number of nitrogens with zero attached hydrogens (tertiary/aromatic N) is 2. The summed E-state index contributed by atoms with van der Waals surface area (Å²) in [6, 6.07) is 5.03. The standard InChI is InChI=1S/C9H11N3O/c10-3-1-8(11)9-5-7(6-13)2-4-12-9/h2,4-5,8,13H,1,6,11H2. The number of nitriles is 1. The number of nitrogens with two attached hydrogens (primary N) is 1. The zero-order valence-corrected chi connectivity index (χ0v) is 7.14. The van der Waals surface area contributed by atoms with Crippen molar-refractivity contribution in [2.75, 3.05) is 0 Å². The summed E-state index contributed by atoms with van der Waals surface area (Å²) in [5.74, 6) is 0. The summed E-state index contributed by atoms with van der Waals surface area (Å²) in [6.07, 6.45) is 1.82. The minimum Gasteiger partial charge on any atom is -0.392 e. The molecule has 3 N–H and O–H groups in total. The van der Waals surface area contributed by atoms with Gasteiger partial charge in [0.15, 0.2) is 0 Å². The third-order valence-electron chi connectivity index (χ3n) is 1.72. The van der Waals surface area contributed by atoms with Crippen LogP contribution in [0.4, 0.5) is 0 Å². The highest BCUT2D eigenvalue weighted by molar-refractivity contribution is 5.18. The van der Waals surface area contributed by atoms with E-state index in [1.807, 2.05) is 6.07 Å². The first-order chi connectivity index (χ1) is 6.27. The lowest BCUT2D eigenvalue weighted by atomic mass is 10.1. The number of hydrogen-bond donors (Lipinski definition) is 2. The van der Waals surface area contributed by atoms with Gasteiger partial charge in [-0.15, -0.1) is 0 Å². The molecule has 1 aromatic heterocycles. The number of aliphatic hydroxyl groups excluding tert-OH is 1. The fourth-order valence-corrected chi connectivity index (χ4v) is 0.998. The van der Waals surface area contributed by atoms with E-state index in [9.17, 15) is 0 Å². The van der Waals surface area contributed by atoms with Crippen LogP contribution in [0.5, 0.6) is 0 Å². The van der Waals surface area contributed by atoms with Gasteiger partial charge in [0.05, 0.1) is 30.8 Å². The maximum Gasteiger partial charge on any atom is 0.0683 e. The van der Waals surface area contributed by atoms with E-state index in [-0.39, 0.29) is 19.1 Å². The van der Waals surface area contributed by atoms with E-state index in [2.05, 4.69) is 4.98 Å². The minimum atomic E-state index is -0.364. The molecule has 0 bridgehead atoms. The van der Waals surface area contributed by atoms with Crippen LogP contribution in [0, 0.1) is 11.3 Å². The second-order valence-corrected chi connectivity index (χ2v) is 2.72. The van der Waals surface area contributed by atoms with Gasteiger partial charge < -0.3 is 10.8 Å². The summed E-state index contributed by atoms with van der Waals surface area (Å²) < 4.78 is 0. The van der Waals surface area contributed by atoms with Gasteiger partial charge >= 0.3 is 0 Å². The van der Waals surface area contributed by atoms with Crippen LogP contribution < -0.4 is 5.73 Å². The van der Waals surface area contributed by atoms with Gasteiger partial charge in [0, 0.05) is 6.20 Å². The predicted octanol–water partition coefficient (Wildman–Crippen LogP) is 0.487. The first-order valence-corrected chi connectivity index (χ1v) is 3.96. The average Bonchev–Trinajstić information content (AvgIpc) is 2.18. The van der Waals surface area contributed by atoms with Gasteiger partial charge in [-0.3, -0.25) is 4.98 Å². The second-order valence-electron chi connectivity index (χ2n) is 2.72. The molecule has 0 saturated heterocycles. The van der Waals surface area contributed by atoms with Crippen LogP contribution in [0.1, 0.15) is 23.7 Å². The first-order valence-electron chi connectivity index (χ1n) is 3.96. The topological polar surface area (TPSA) is 82.9 Å². The molecule has 0 aliphatic heterocycles. The van der Waals surface area contributed by atoms with E-state index < -0.39 is 0 Å². The van der Waals surface area contributed by atoms with Crippen LogP contribution in [0.25, 0.3) is 0 Å². The van der Waals surface area contributed by atoms with Gasteiger partial charge in [-0.1, -0.05) is 0 Å². The van der Waals surface area contributed by atoms with E-state index >= 15 is 0 Å². The van der Waals surface area contributed by atoms with Crippen molar-refractivity contribution < 1.29 is 5.11 Å². The van der Waals surface area contributed by atoms with E-state index in [0.717, 1.165) is 5.56 Å². The molecule has 0 saturated carbocycles. The monoisotopic (exact) mass is 177 g/mol. The Hall–Kier alpha value is -1.44. The zero-order valence-electron chi connectivity index (χ0n) is 7.14. The number of rotatable bonds is 3. The Morgan fingerprint density at radius 1 is 1.69 bits per heavy atom. The Balaban J connectivity index is 2.83. The lowest BCUT2D eigenvalue weighted by Crippen LogP contribution is -2.11. The Labute approximate surface area is 76.6 Å². The summed E-state index contributed by atoms with van der Waals surface area (Å²) >= 11 is 0. The van der Waals surface area contributed by atoms with Gasteiger partial charge in [0.2, 0.25) is 0 Å². The normalized spacial score (nSPS) is 12.1. The van der Waals surface area contributed by atoms with Crippen molar-refractivity contribution >= 4 is 0 Å². The molecular formula is C9H11N3O. The molecule has 1 unspecified atom stereocenters. The van der Waals surface area contributed by atoms with Crippen molar-refractivity contribution in [2.45, 2.75) is 19.1 Å². The summed E-state index contributed by atoms with van der Waals surface area (Å²) in [6.45, 7) is -0.0329. The molecular weight excluding hydrogens is 166 g/mol. The number of hydrogen-bond acceptors (Lipinski definition) is 4. The molecule has 0 spiro atoms. The summed E-state index contributed by atoms with van der Waals surface area (Å²) in [5.41, 5.74) is 7.07. The van der Waals surface area contributed by atoms with Crippen LogP contribution in [0.3, 0.4) is 0 Å². The van der Waals surface area contributed by atoms with Crippen LogP contribution in [-0.4, -0.2) is 10.1 Å². The summed E-state index contributed by atoms with van der Waals surface area (Å²) in [5, 5.41) is 17.3. The van der Waals surface area contributed by atoms with Gasteiger partial charge in [-0.05, 0) is 17.7 Å². The molecule has 4 heteroatoms. The quantitative estimate of drug-likeness (QED) is 0.703. The largest absolute Gasteiger partial charge is 0.392 e. The lowest BCUT2D eigenvalue weighted by Gasteiger charge is -2.07. The molecule has 4 nitrogen and oxygen atoms in total. The highest BCUT2D eigenvalue weighted by atomic mass is 16.3. The molecule has 0 aromatic carbocycles. The maximum absolute atomic E-state index is 8.84. The molecule has 1 rings (SSSR count). The van der Waals surface area contributed by atoms with Gasteiger partial charge in [-0.25, -0.2) is 0 Å². The van der Waals surface area contributed by atoms with E-state index in [0.29, 0.717) is 5.69 Å². The van der Waals surface area contributed by atoms with Crippen LogP contribution in [0.2, 0.25) is 0 Å². The summed E-state index contributed by atoms with van der Waals surface area (Å²) in [7, 11) is 0. The molecule has 68 valence electrons. The highest BCUT2D eigenvalue weighted by Crippen LogP contribution is 2.11. The van der Waals surface area contributed by atoms with E-state index in [1.54, 1.807) is 18.3 Å². The van der Waals surface area contributed by atoms with Gasteiger partial charge in [0.25, 0.3) is 0 Å². The van der Waals surface area contributed by atoms with Crippen molar-refractivity contribution in [3.05, 3.63) is 29.6 Å². The molecule has 0 aliphatic rings. The maximum atomic E-state index is 8.84. The molecule has 0 aliphatic carbocycles. The van der Waals surface area contributed by atoms with Crippen LogP contribution in [0.15, 0.2) is 18.3 Å². The average molecular weight is 177 g/mol. The molecule has 1 atom stereocenters. The van der Waals surface area contributed by atoms with Crippen molar-refractivity contribution in [3.63, 3.8) is 0 Å². The number of aromatic nitrogens is 1. The Bertz CT molecular complexity index is 319. The molecule has 13 heavy (non-hydrogen) atoms. The predicted molar refractivity (Wildman–Crippen MR) is 47.3 cm³/mol. The Kier molecular flexibility index (Phi) is 3.38. The Morgan fingerprint density at radius 2 is 2.46 bits per heavy atom. The number of aliphatic hydroxyl groups is 1. The minimum absolute atomic E-state index is 0.0329. The number of pyridine rings is 1. The fourth-order valence-electron chi connectivity index (χ4n) is 0.998. The van der Waals surface area contributed by atoms with Crippen LogP contribution in [-0.2, 0) is 6.61 Å². The smallest absolute Gasteiger partial charge is 0.0683 e. The highest BCUT2D eigenvalue weighted by Gasteiger charge is 2.06. The van der Waals surface area contributed by atoms with Crippen molar-refractivity contribution in [1.29, 1.82) is 5.26 Å². The first kappa shape index (κ1) is 9.65. The molecule has 0 amide bonds. The van der Waals surface area contributed by atoms with Crippen molar-refractivity contribution in [3.8, 4) is 6.07 Å². The van der Waals surface area contributed by atoms with Crippen LogP contribution >= 0.6 is 0 Å². The fraction of sp³-hybridized carbons (Fsp3) is 0.333. The zero-order chi connectivity index (χ0) is 9.68. The lowest BCUT2D eigenvalue weighted by molar-refractivity contribution is 0.281. The van der Waals surface area contributed by atoms with Crippen molar-refractivity contribution in [1.82, 2.24) is 4.98 Å². The Morgan fingerprint density at radius 3 is 3.08 bits per heavy atom. The molecule has 0 fully saturated rings. The molecule has 1 heterocycles.